The molecule has 1 aromatic heterocycles. The Labute approximate surface area is 69.4 Å². The Balaban J connectivity index is 3.21. The van der Waals surface area contributed by atoms with Crippen LogP contribution in [0.2, 0.25) is 0 Å². The van der Waals surface area contributed by atoms with Crippen molar-refractivity contribution in [3.63, 3.8) is 0 Å². The van der Waals surface area contributed by atoms with Crippen molar-refractivity contribution in [1.82, 2.24) is 4.98 Å². The largest absolute Gasteiger partial charge is 0.355 e. The minimum absolute atomic E-state index is 0.395. The lowest BCUT2D eigenvalue weighted by molar-refractivity contribution is 0.149. The lowest BCUT2D eigenvalue weighted by Gasteiger charge is -1.96. The molecule has 1 aromatic rings. The molecule has 0 saturated heterocycles. The minimum Gasteiger partial charge on any atom is -0.355 e. The summed E-state index contributed by atoms with van der Waals surface area (Å²) in [6.45, 7) is 0. The van der Waals surface area contributed by atoms with Gasteiger partial charge in [-0.2, -0.15) is 0 Å². The molecule has 0 unspecified atom stereocenters. The molecule has 0 aliphatic rings. The minimum atomic E-state index is -2.72. The molecule has 11 heavy (non-hydrogen) atoms. The molecule has 5 heteroatoms. The highest BCUT2D eigenvalue weighted by atomic mass is 79.9. The van der Waals surface area contributed by atoms with Crippen molar-refractivity contribution in [2.45, 2.75) is 6.43 Å². The van der Waals surface area contributed by atoms with Gasteiger partial charge in [0.2, 0.25) is 0 Å². The number of hydrogen-bond acceptors (Lipinski definition) is 1. The van der Waals surface area contributed by atoms with Crippen LogP contribution in [0, 0.1) is 0 Å². The Kier molecular flexibility index (Phi) is 2.38. The van der Waals surface area contributed by atoms with Gasteiger partial charge in [0.05, 0.1) is 10.2 Å². The molecule has 0 aliphatic carbocycles. The van der Waals surface area contributed by atoms with Crippen molar-refractivity contribution in [2.24, 2.45) is 0 Å². The van der Waals surface area contributed by atoms with Crippen molar-refractivity contribution in [2.75, 3.05) is 0 Å². The van der Waals surface area contributed by atoms with Crippen LogP contribution in [0.3, 0.4) is 0 Å². The van der Waals surface area contributed by atoms with Gasteiger partial charge < -0.3 is 4.98 Å². The predicted octanol–water partition coefficient (Wildman–Crippen LogP) is 2.08. The number of aromatic nitrogens is 1. The maximum Gasteiger partial charge on any atom is 0.269 e. The number of halogens is 3. The summed E-state index contributed by atoms with van der Waals surface area (Å²) < 4.78 is 24.2. The molecule has 0 fully saturated rings. The third-order valence-corrected chi connectivity index (χ3v) is 1.60. The van der Waals surface area contributed by atoms with Crippen LogP contribution in [0.5, 0.6) is 0 Å². The molecule has 0 saturated carbocycles. The first kappa shape index (κ1) is 8.39. The Hall–Kier alpha value is -0.710. The first-order chi connectivity index (χ1) is 5.11. The van der Waals surface area contributed by atoms with Crippen LogP contribution < -0.4 is 5.43 Å². The maximum absolute atomic E-state index is 11.9. The van der Waals surface area contributed by atoms with Crippen LogP contribution in [0.25, 0.3) is 0 Å². The van der Waals surface area contributed by atoms with Gasteiger partial charge in [-0.25, -0.2) is 8.78 Å². The summed E-state index contributed by atoms with van der Waals surface area (Å²) in [5.74, 6) is 0. The molecule has 0 spiro atoms. The van der Waals surface area contributed by atoms with Gasteiger partial charge in [-0.05, 0) is 15.9 Å². The molecule has 0 aliphatic heterocycles. The van der Waals surface area contributed by atoms with E-state index in [-0.39, 0.29) is 0 Å². The number of aromatic amines is 1. The fourth-order valence-electron chi connectivity index (χ4n) is 0.628. The second-order valence-electron chi connectivity index (χ2n) is 1.90. The SMILES string of the molecule is O=c1cc(Br)[nH]cc1C(F)F. The van der Waals surface area contributed by atoms with Gasteiger partial charge in [0.15, 0.2) is 5.43 Å². The van der Waals surface area contributed by atoms with Gasteiger partial charge in [0.25, 0.3) is 6.43 Å². The Morgan fingerprint density at radius 1 is 1.55 bits per heavy atom. The summed E-state index contributed by atoms with van der Waals surface area (Å²) in [4.78, 5) is 13.2. The topological polar surface area (TPSA) is 32.9 Å². The van der Waals surface area contributed by atoms with E-state index in [1.54, 1.807) is 0 Å². The average Bonchev–Trinajstić information content (AvgIpc) is 1.85. The molecule has 0 radical (unpaired) electrons. The Morgan fingerprint density at radius 3 is 2.64 bits per heavy atom. The zero-order chi connectivity index (χ0) is 8.43. The van der Waals surface area contributed by atoms with Crippen molar-refractivity contribution in [3.8, 4) is 0 Å². The summed E-state index contributed by atoms with van der Waals surface area (Å²) in [5, 5.41) is 0. The molecule has 2 nitrogen and oxygen atoms in total. The smallest absolute Gasteiger partial charge is 0.269 e. The van der Waals surface area contributed by atoms with Gasteiger partial charge in [-0.3, -0.25) is 4.79 Å². The molecule has 0 atom stereocenters. The van der Waals surface area contributed by atoms with E-state index in [0.29, 0.717) is 4.60 Å². The zero-order valence-electron chi connectivity index (χ0n) is 5.27. The van der Waals surface area contributed by atoms with Crippen molar-refractivity contribution >= 4 is 15.9 Å². The summed E-state index contributed by atoms with van der Waals surface area (Å²) in [5.41, 5.74) is -1.17. The molecule has 0 bridgehead atoms. The lowest BCUT2D eigenvalue weighted by Crippen LogP contribution is -2.08. The van der Waals surface area contributed by atoms with E-state index in [1.165, 1.54) is 0 Å². The normalized spacial score (nSPS) is 10.5. The molecule has 1 rings (SSSR count). The fourth-order valence-corrected chi connectivity index (χ4v) is 0.951. The Bertz CT molecular complexity index is 310. The number of H-pyrrole nitrogens is 1. The lowest BCUT2D eigenvalue weighted by atomic mass is 10.3. The second kappa shape index (κ2) is 3.13. The predicted molar refractivity (Wildman–Crippen MR) is 39.7 cm³/mol. The van der Waals surface area contributed by atoms with Gasteiger partial charge in [-0.15, -0.1) is 0 Å². The van der Waals surface area contributed by atoms with E-state index in [2.05, 4.69) is 20.9 Å². The first-order valence-corrected chi connectivity index (χ1v) is 3.57. The molecular formula is C6H4BrF2NO. The number of nitrogens with one attached hydrogen (secondary N) is 1. The third-order valence-electron chi connectivity index (χ3n) is 1.14. The zero-order valence-corrected chi connectivity index (χ0v) is 6.86. The summed E-state index contributed by atoms with van der Waals surface area (Å²) in [6, 6.07) is 1.07. The van der Waals surface area contributed by atoms with Crippen molar-refractivity contribution in [1.29, 1.82) is 0 Å². The van der Waals surface area contributed by atoms with Crippen LogP contribution in [0.4, 0.5) is 8.78 Å². The van der Waals surface area contributed by atoms with Gasteiger partial charge in [-0.1, -0.05) is 0 Å². The Morgan fingerprint density at radius 2 is 2.18 bits per heavy atom. The van der Waals surface area contributed by atoms with Crippen LogP contribution >= 0.6 is 15.9 Å². The number of hydrogen-bond donors (Lipinski definition) is 1. The summed E-state index contributed by atoms with van der Waals surface area (Å²) in [6.07, 6.45) is -1.72. The highest BCUT2D eigenvalue weighted by molar-refractivity contribution is 9.10. The number of rotatable bonds is 1. The van der Waals surface area contributed by atoms with Gasteiger partial charge >= 0.3 is 0 Å². The summed E-state index contributed by atoms with van der Waals surface area (Å²) >= 11 is 2.94. The quantitative estimate of drug-likeness (QED) is 0.727. The second-order valence-corrected chi connectivity index (χ2v) is 2.76. The van der Waals surface area contributed by atoms with E-state index >= 15 is 0 Å². The molecule has 60 valence electrons. The number of alkyl halides is 2. The van der Waals surface area contributed by atoms with E-state index in [9.17, 15) is 13.6 Å². The van der Waals surface area contributed by atoms with E-state index < -0.39 is 17.4 Å². The standard InChI is InChI=1S/C6H4BrF2NO/c7-5-1-4(11)3(2-10-5)6(8)9/h1-2,6H,(H,10,11). The maximum atomic E-state index is 11.9. The van der Waals surface area contributed by atoms with E-state index in [1.807, 2.05) is 0 Å². The highest BCUT2D eigenvalue weighted by Gasteiger charge is 2.10. The van der Waals surface area contributed by atoms with Crippen LogP contribution in [0.1, 0.15) is 12.0 Å². The monoisotopic (exact) mass is 223 g/mol. The van der Waals surface area contributed by atoms with Crippen LogP contribution in [-0.2, 0) is 0 Å². The van der Waals surface area contributed by atoms with Gasteiger partial charge in [0, 0.05) is 12.3 Å². The van der Waals surface area contributed by atoms with Crippen LogP contribution in [0.15, 0.2) is 21.7 Å². The molecule has 0 aromatic carbocycles. The van der Waals surface area contributed by atoms with Crippen molar-refractivity contribution < 1.29 is 8.78 Å². The fraction of sp³-hybridized carbons (Fsp3) is 0.167. The molecule has 1 N–H and O–H groups in total. The third kappa shape index (κ3) is 1.86. The number of pyridine rings is 1. The van der Waals surface area contributed by atoms with E-state index in [4.69, 9.17) is 0 Å². The first-order valence-electron chi connectivity index (χ1n) is 2.77. The molecular weight excluding hydrogens is 220 g/mol. The summed E-state index contributed by atoms with van der Waals surface area (Å²) in [7, 11) is 0. The van der Waals surface area contributed by atoms with E-state index in [0.717, 1.165) is 12.3 Å². The van der Waals surface area contributed by atoms with Crippen molar-refractivity contribution in [3.05, 3.63) is 32.7 Å². The average molecular weight is 224 g/mol. The van der Waals surface area contributed by atoms with Gasteiger partial charge in [0.1, 0.15) is 0 Å². The molecule has 0 amide bonds. The molecule has 1 heterocycles. The van der Waals surface area contributed by atoms with Crippen LogP contribution in [-0.4, -0.2) is 4.98 Å². The highest BCUT2D eigenvalue weighted by Crippen LogP contribution is 2.14.